The molecule has 0 atom stereocenters. The standard InChI is InChI=1S/C23H37N7/c1-24-23(25-14-7-11-22-28-27-21-10-5-6-15-30(21)22)26-20-12-16-29(17-13-20)18-19-8-3-2-4-9-19/h5-6,10,15,19-20H,2-4,7-9,11-14,16-18H2,1H3,(H2,24,25,26). The Morgan fingerprint density at radius 1 is 1.10 bits per heavy atom. The van der Waals surface area contributed by atoms with Gasteiger partial charge in [0.25, 0.3) is 0 Å². The maximum absolute atomic E-state index is 4.43. The molecule has 0 radical (unpaired) electrons. The molecule has 7 heteroatoms. The van der Waals surface area contributed by atoms with Crippen LogP contribution >= 0.6 is 0 Å². The molecule has 1 aliphatic carbocycles. The SMILES string of the molecule is CN=C(NCCCc1nnc2ccccn12)NC1CCN(CC2CCCCC2)CC1. The molecule has 1 saturated carbocycles. The molecule has 1 aliphatic heterocycles. The van der Waals surface area contributed by atoms with Gasteiger partial charge in [-0.15, -0.1) is 10.2 Å². The molecule has 0 unspecified atom stereocenters. The molecule has 0 bridgehead atoms. The lowest BCUT2D eigenvalue weighted by Gasteiger charge is -2.36. The summed E-state index contributed by atoms with van der Waals surface area (Å²) in [5.41, 5.74) is 0.910. The molecule has 0 aromatic carbocycles. The zero-order valence-electron chi connectivity index (χ0n) is 18.4. The number of aliphatic imine (C=N–C) groups is 1. The van der Waals surface area contributed by atoms with Gasteiger partial charge in [0, 0.05) is 51.9 Å². The Labute approximate surface area is 180 Å². The highest BCUT2D eigenvalue weighted by atomic mass is 15.2. The number of pyridine rings is 1. The molecule has 2 aromatic heterocycles. The van der Waals surface area contributed by atoms with Crippen molar-refractivity contribution >= 4 is 11.6 Å². The van der Waals surface area contributed by atoms with Crippen LogP contribution in [0.15, 0.2) is 29.4 Å². The van der Waals surface area contributed by atoms with Gasteiger partial charge in [-0.25, -0.2) is 0 Å². The van der Waals surface area contributed by atoms with Crippen LogP contribution in [-0.2, 0) is 6.42 Å². The van der Waals surface area contributed by atoms with E-state index in [0.29, 0.717) is 6.04 Å². The van der Waals surface area contributed by atoms with Gasteiger partial charge in [0.05, 0.1) is 0 Å². The molecular weight excluding hydrogens is 374 g/mol. The minimum Gasteiger partial charge on any atom is -0.356 e. The van der Waals surface area contributed by atoms with Gasteiger partial charge < -0.3 is 15.5 Å². The first kappa shape index (κ1) is 21.1. The summed E-state index contributed by atoms with van der Waals surface area (Å²) in [6, 6.07) is 6.52. The van der Waals surface area contributed by atoms with Crippen LogP contribution in [0, 0.1) is 5.92 Å². The maximum atomic E-state index is 4.43. The van der Waals surface area contributed by atoms with E-state index in [1.54, 1.807) is 0 Å². The van der Waals surface area contributed by atoms with Gasteiger partial charge in [-0.1, -0.05) is 25.3 Å². The molecule has 2 aromatic rings. The first-order valence-electron chi connectivity index (χ1n) is 11.8. The van der Waals surface area contributed by atoms with Crippen molar-refractivity contribution in [2.75, 3.05) is 33.2 Å². The van der Waals surface area contributed by atoms with E-state index in [4.69, 9.17) is 0 Å². The predicted octanol–water partition coefficient (Wildman–Crippen LogP) is 2.87. The Kier molecular flexibility index (Phi) is 7.56. The fourth-order valence-electron chi connectivity index (χ4n) is 4.90. The van der Waals surface area contributed by atoms with E-state index in [-0.39, 0.29) is 0 Å². The van der Waals surface area contributed by atoms with Crippen LogP contribution in [0.4, 0.5) is 0 Å². The highest BCUT2D eigenvalue weighted by Gasteiger charge is 2.23. The fourth-order valence-corrected chi connectivity index (χ4v) is 4.90. The minimum absolute atomic E-state index is 0.527. The quantitative estimate of drug-likeness (QED) is 0.417. The van der Waals surface area contributed by atoms with Crippen LogP contribution in [-0.4, -0.2) is 64.7 Å². The average Bonchev–Trinajstić information content (AvgIpc) is 3.21. The van der Waals surface area contributed by atoms with Gasteiger partial charge >= 0.3 is 0 Å². The van der Waals surface area contributed by atoms with Crippen molar-refractivity contribution in [1.29, 1.82) is 0 Å². The third-order valence-electron chi connectivity index (χ3n) is 6.65. The molecule has 2 aliphatic rings. The van der Waals surface area contributed by atoms with Crippen molar-refractivity contribution in [3.8, 4) is 0 Å². The van der Waals surface area contributed by atoms with Gasteiger partial charge in [0.15, 0.2) is 11.6 Å². The molecule has 1 saturated heterocycles. The Bertz CT molecular complexity index is 801. The second kappa shape index (κ2) is 10.8. The van der Waals surface area contributed by atoms with E-state index < -0.39 is 0 Å². The summed E-state index contributed by atoms with van der Waals surface area (Å²) in [4.78, 5) is 7.11. The number of aryl methyl sites for hydroxylation is 1. The van der Waals surface area contributed by atoms with E-state index in [1.165, 1.54) is 64.6 Å². The summed E-state index contributed by atoms with van der Waals surface area (Å²) in [6.45, 7) is 4.62. The molecule has 30 heavy (non-hydrogen) atoms. The smallest absolute Gasteiger partial charge is 0.191 e. The van der Waals surface area contributed by atoms with Crippen molar-refractivity contribution in [1.82, 2.24) is 30.1 Å². The monoisotopic (exact) mass is 411 g/mol. The number of guanidine groups is 1. The van der Waals surface area contributed by atoms with Crippen LogP contribution in [0.3, 0.4) is 0 Å². The second-order valence-corrected chi connectivity index (χ2v) is 8.87. The number of aromatic nitrogens is 3. The summed E-state index contributed by atoms with van der Waals surface area (Å²) in [7, 11) is 1.86. The molecular formula is C23H37N7. The van der Waals surface area contributed by atoms with Crippen molar-refractivity contribution < 1.29 is 0 Å². The van der Waals surface area contributed by atoms with Crippen LogP contribution in [0.1, 0.15) is 57.2 Å². The van der Waals surface area contributed by atoms with Gasteiger partial charge in [-0.05, 0) is 50.2 Å². The first-order chi connectivity index (χ1) is 14.8. The normalized spacial score (nSPS) is 20.0. The molecule has 164 valence electrons. The number of nitrogens with one attached hydrogen (secondary N) is 2. The number of nitrogens with zero attached hydrogens (tertiary/aromatic N) is 5. The summed E-state index contributed by atoms with van der Waals surface area (Å²) in [6.07, 6.45) is 13.6. The third kappa shape index (κ3) is 5.72. The van der Waals surface area contributed by atoms with Crippen molar-refractivity contribution in [2.45, 2.75) is 63.8 Å². The lowest BCUT2D eigenvalue weighted by molar-refractivity contribution is 0.160. The van der Waals surface area contributed by atoms with E-state index in [9.17, 15) is 0 Å². The van der Waals surface area contributed by atoms with Crippen molar-refractivity contribution in [2.24, 2.45) is 10.9 Å². The maximum Gasteiger partial charge on any atom is 0.191 e. The fraction of sp³-hybridized carbons (Fsp3) is 0.696. The average molecular weight is 412 g/mol. The highest BCUT2D eigenvalue weighted by Crippen LogP contribution is 2.25. The van der Waals surface area contributed by atoms with E-state index in [1.807, 2.05) is 31.4 Å². The van der Waals surface area contributed by atoms with Gasteiger partial charge in [-0.3, -0.25) is 9.39 Å². The highest BCUT2D eigenvalue weighted by molar-refractivity contribution is 5.79. The lowest BCUT2D eigenvalue weighted by atomic mass is 9.88. The third-order valence-corrected chi connectivity index (χ3v) is 6.65. The molecule has 7 nitrogen and oxygen atoms in total. The Morgan fingerprint density at radius 3 is 2.73 bits per heavy atom. The largest absolute Gasteiger partial charge is 0.356 e. The van der Waals surface area contributed by atoms with Gasteiger partial charge in [0.1, 0.15) is 5.82 Å². The van der Waals surface area contributed by atoms with Gasteiger partial charge in [-0.2, -0.15) is 0 Å². The number of piperidine rings is 1. The molecule has 2 fully saturated rings. The van der Waals surface area contributed by atoms with Gasteiger partial charge in [0.2, 0.25) is 0 Å². The second-order valence-electron chi connectivity index (χ2n) is 8.87. The topological polar surface area (TPSA) is 69.8 Å². The van der Waals surface area contributed by atoms with E-state index in [2.05, 4.69) is 35.1 Å². The van der Waals surface area contributed by atoms with Crippen LogP contribution in [0.5, 0.6) is 0 Å². The summed E-state index contributed by atoms with van der Waals surface area (Å²) < 4.78 is 2.06. The summed E-state index contributed by atoms with van der Waals surface area (Å²) in [5, 5.41) is 15.6. The Balaban J connectivity index is 1.14. The molecule has 0 amide bonds. The summed E-state index contributed by atoms with van der Waals surface area (Å²) in [5.74, 6) is 2.88. The number of fused-ring (bicyclic) bond motifs is 1. The number of rotatable bonds is 7. The number of hydrogen-bond acceptors (Lipinski definition) is 4. The lowest BCUT2D eigenvalue weighted by Crippen LogP contribution is -2.49. The van der Waals surface area contributed by atoms with Crippen molar-refractivity contribution in [3.05, 3.63) is 30.2 Å². The van der Waals surface area contributed by atoms with Crippen molar-refractivity contribution in [3.63, 3.8) is 0 Å². The first-order valence-corrected chi connectivity index (χ1v) is 11.8. The number of likely N-dealkylation sites (tertiary alicyclic amines) is 1. The van der Waals surface area contributed by atoms with Crippen LogP contribution < -0.4 is 10.6 Å². The Hall–Kier alpha value is -2.15. The minimum atomic E-state index is 0.527. The molecule has 3 heterocycles. The van der Waals surface area contributed by atoms with Crippen LogP contribution in [0.2, 0.25) is 0 Å². The zero-order chi connectivity index (χ0) is 20.6. The molecule has 0 spiro atoms. The molecule has 4 rings (SSSR count). The number of hydrogen-bond donors (Lipinski definition) is 2. The van der Waals surface area contributed by atoms with Crippen LogP contribution in [0.25, 0.3) is 5.65 Å². The molecule has 2 N–H and O–H groups in total. The van der Waals surface area contributed by atoms with E-state index in [0.717, 1.165) is 42.7 Å². The predicted molar refractivity (Wildman–Crippen MR) is 122 cm³/mol. The Morgan fingerprint density at radius 2 is 1.93 bits per heavy atom. The summed E-state index contributed by atoms with van der Waals surface area (Å²) >= 11 is 0. The zero-order valence-corrected chi connectivity index (χ0v) is 18.4. The van der Waals surface area contributed by atoms with E-state index >= 15 is 0 Å².